The normalized spacial score (nSPS) is 15.9. The van der Waals surface area contributed by atoms with E-state index in [1.807, 2.05) is 11.8 Å². The predicted molar refractivity (Wildman–Crippen MR) is 88.3 cm³/mol. The van der Waals surface area contributed by atoms with Crippen LogP contribution in [0.5, 0.6) is 0 Å². The van der Waals surface area contributed by atoms with Crippen molar-refractivity contribution in [2.45, 2.75) is 27.3 Å². The molecule has 0 bridgehead atoms. The van der Waals surface area contributed by atoms with E-state index in [1.54, 1.807) is 6.92 Å². The van der Waals surface area contributed by atoms with Crippen LogP contribution in [0.2, 0.25) is 0 Å². The van der Waals surface area contributed by atoms with Gasteiger partial charge in [0, 0.05) is 32.7 Å². The molecule has 1 aromatic carbocycles. The predicted octanol–water partition coefficient (Wildman–Crippen LogP) is 2.56. The molecule has 23 heavy (non-hydrogen) atoms. The lowest BCUT2D eigenvalue weighted by atomic mass is 10.1. The van der Waals surface area contributed by atoms with Gasteiger partial charge in [-0.05, 0) is 26.3 Å². The van der Waals surface area contributed by atoms with Crippen LogP contribution in [0.4, 0.5) is 0 Å². The summed E-state index contributed by atoms with van der Waals surface area (Å²) in [6, 6.07) is 8.65. The second kappa shape index (κ2) is 6.54. The van der Waals surface area contributed by atoms with E-state index in [0.717, 1.165) is 32.7 Å². The van der Waals surface area contributed by atoms with Crippen molar-refractivity contribution in [3.05, 3.63) is 52.4 Å². The summed E-state index contributed by atoms with van der Waals surface area (Å²) in [6.07, 6.45) is 0. The first kappa shape index (κ1) is 15.7. The second-order valence-electron chi connectivity index (χ2n) is 6.25. The number of carbonyl (C=O) groups excluding carboxylic acids is 1. The number of benzene rings is 1. The Morgan fingerprint density at radius 3 is 2.30 bits per heavy atom. The van der Waals surface area contributed by atoms with E-state index in [1.165, 1.54) is 11.1 Å². The highest BCUT2D eigenvalue weighted by Crippen LogP contribution is 2.17. The molecule has 1 aliphatic heterocycles. The standard InChI is InChI=1S/C18H23N3O2/c1-13-4-6-16(7-5-13)12-20-8-10-21(11-9-20)18(22)17-14(2)19-23-15(17)3/h4-7H,8-12H2,1-3H3. The van der Waals surface area contributed by atoms with Gasteiger partial charge in [0.25, 0.3) is 5.91 Å². The molecule has 0 unspecified atom stereocenters. The van der Waals surface area contributed by atoms with Crippen molar-refractivity contribution in [1.82, 2.24) is 15.0 Å². The molecule has 1 aromatic heterocycles. The van der Waals surface area contributed by atoms with Gasteiger partial charge < -0.3 is 9.42 Å². The lowest BCUT2D eigenvalue weighted by Gasteiger charge is -2.34. The van der Waals surface area contributed by atoms with Crippen molar-refractivity contribution in [2.24, 2.45) is 0 Å². The summed E-state index contributed by atoms with van der Waals surface area (Å²) in [5, 5.41) is 3.88. The van der Waals surface area contributed by atoms with Gasteiger partial charge in [-0.3, -0.25) is 9.69 Å². The first-order valence-electron chi connectivity index (χ1n) is 8.04. The number of piperazine rings is 1. The summed E-state index contributed by atoms with van der Waals surface area (Å²) >= 11 is 0. The summed E-state index contributed by atoms with van der Waals surface area (Å²) < 4.78 is 5.11. The van der Waals surface area contributed by atoms with E-state index in [4.69, 9.17) is 4.52 Å². The zero-order valence-electron chi connectivity index (χ0n) is 14.0. The topological polar surface area (TPSA) is 49.6 Å². The zero-order chi connectivity index (χ0) is 16.4. The largest absolute Gasteiger partial charge is 0.361 e. The molecule has 1 amide bonds. The first-order chi connectivity index (χ1) is 11.0. The molecular formula is C18H23N3O2. The zero-order valence-corrected chi connectivity index (χ0v) is 14.0. The number of nitrogens with zero attached hydrogens (tertiary/aromatic N) is 3. The Hall–Kier alpha value is -2.14. The summed E-state index contributed by atoms with van der Waals surface area (Å²) in [7, 11) is 0. The van der Waals surface area contributed by atoms with Crippen LogP contribution in [-0.4, -0.2) is 47.0 Å². The fourth-order valence-electron chi connectivity index (χ4n) is 3.01. The Labute approximate surface area is 136 Å². The third-order valence-corrected chi connectivity index (χ3v) is 4.43. The fraction of sp³-hybridized carbons (Fsp3) is 0.444. The Morgan fingerprint density at radius 2 is 1.74 bits per heavy atom. The van der Waals surface area contributed by atoms with Gasteiger partial charge in [-0.1, -0.05) is 35.0 Å². The Balaban J connectivity index is 1.58. The first-order valence-corrected chi connectivity index (χ1v) is 8.04. The fourth-order valence-corrected chi connectivity index (χ4v) is 3.01. The van der Waals surface area contributed by atoms with Crippen molar-refractivity contribution >= 4 is 5.91 Å². The average Bonchev–Trinajstić information content (AvgIpc) is 2.88. The van der Waals surface area contributed by atoms with Crippen LogP contribution in [0.25, 0.3) is 0 Å². The van der Waals surface area contributed by atoms with Crippen LogP contribution < -0.4 is 0 Å². The van der Waals surface area contributed by atoms with Gasteiger partial charge in [0.05, 0.1) is 5.69 Å². The van der Waals surface area contributed by atoms with Gasteiger partial charge >= 0.3 is 0 Å². The maximum absolute atomic E-state index is 12.6. The molecule has 122 valence electrons. The minimum Gasteiger partial charge on any atom is -0.361 e. The molecular weight excluding hydrogens is 290 g/mol. The molecule has 0 spiro atoms. The highest BCUT2D eigenvalue weighted by Gasteiger charge is 2.26. The number of rotatable bonds is 3. The van der Waals surface area contributed by atoms with E-state index in [0.29, 0.717) is 17.0 Å². The molecule has 2 aromatic rings. The minimum absolute atomic E-state index is 0.0382. The maximum Gasteiger partial charge on any atom is 0.259 e. The molecule has 1 aliphatic rings. The van der Waals surface area contributed by atoms with Gasteiger partial charge in [0.1, 0.15) is 11.3 Å². The summed E-state index contributed by atoms with van der Waals surface area (Å²) in [5.74, 6) is 0.644. The highest BCUT2D eigenvalue weighted by atomic mass is 16.5. The van der Waals surface area contributed by atoms with E-state index < -0.39 is 0 Å². The average molecular weight is 313 g/mol. The van der Waals surface area contributed by atoms with Crippen molar-refractivity contribution in [3.8, 4) is 0 Å². The quantitative estimate of drug-likeness (QED) is 0.874. The molecule has 1 saturated heterocycles. The third kappa shape index (κ3) is 3.45. The molecule has 2 heterocycles. The van der Waals surface area contributed by atoms with Crippen LogP contribution in [0.3, 0.4) is 0 Å². The number of amides is 1. The molecule has 5 heteroatoms. The summed E-state index contributed by atoms with van der Waals surface area (Å²) in [4.78, 5) is 16.9. The van der Waals surface area contributed by atoms with Crippen LogP contribution in [0, 0.1) is 20.8 Å². The second-order valence-corrected chi connectivity index (χ2v) is 6.25. The number of hydrogen-bond acceptors (Lipinski definition) is 4. The lowest BCUT2D eigenvalue weighted by Crippen LogP contribution is -2.48. The molecule has 0 aliphatic carbocycles. The lowest BCUT2D eigenvalue weighted by molar-refractivity contribution is 0.0626. The summed E-state index contributed by atoms with van der Waals surface area (Å²) in [6.45, 7) is 9.92. The number of carbonyl (C=O) groups is 1. The SMILES string of the molecule is Cc1ccc(CN2CCN(C(=O)c3c(C)noc3C)CC2)cc1. The minimum atomic E-state index is 0.0382. The van der Waals surface area contributed by atoms with Crippen molar-refractivity contribution < 1.29 is 9.32 Å². The van der Waals surface area contributed by atoms with Gasteiger partial charge in [0.15, 0.2) is 0 Å². The van der Waals surface area contributed by atoms with Gasteiger partial charge in [0.2, 0.25) is 0 Å². The van der Waals surface area contributed by atoms with Crippen LogP contribution in [0.1, 0.15) is 32.9 Å². The molecule has 5 nitrogen and oxygen atoms in total. The van der Waals surface area contributed by atoms with Crippen molar-refractivity contribution in [3.63, 3.8) is 0 Å². The van der Waals surface area contributed by atoms with Crippen molar-refractivity contribution in [2.75, 3.05) is 26.2 Å². The monoisotopic (exact) mass is 313 g/mol. The van der Waals surface area contributed by atoms with Gasteiger partial charge in [-0.25, -0.2) is 0 Å². The molecule has 0 radical (unpaired) electrons. The Kier molecular flexibility index (Phi) is 4.48. The maximum atomic E-state index is 12.6. The molecule has 0 saturated carbocycles. The summed E-state index contributed by atoms with van der Waals surface area (Å²) in [5.41, 5.74) is 3.90. The third-order valence-electron chi connectivity index (χ3n) is 4.43. The molecule has 1 fully saturated rings. The molecule has 3 rings (SSSR count). The number of aromatic nitrogens is 1. The van der Waals surface area contributed by atoms with E-state index in [-0.39, 0.29) is 5.91 Å². The van der Waals surface area contributed by atoms with Gasteiger partial charge in [-0.15, -0.1) is 0 Å². The van der Waals surface area contributed by atoms with Gasteiger partial charge in [-0.2, -0.15) is 0 Å². The smallest absolute Gasteiger partial charge is 0.259 e. The Morgan fingerprint density at radius 1 is 1.09 bits per heavy atom. The number of hydrogen-bond donors (Lipinski definition) is 0. The number of aryl methyl sites for hydroxylation is 3. The Bertz CT molecular complexity index is 663. The van der Waals surface area contributed by atoms with Crippen molar-refractivity contribution in [1.29, 1.82) is 0 Å². The molecule has 0 atom stereocenters. The molecule has 0 N–H and O–H groups in total. The van der Waals surface area contributed by atoms with Crippen LogP contribution in [-0.2, 0) is 6.54 Å². The van der Waals surface area contributed by atoms with Crippen LogP contribution >= 0.6 is 0 Å². The van der Waals surface area contributed by atoms with E-state index in [2.05, 4.69) is 41.2 Å². The van der Waals surface area contributed by atoms with E-state index >= 15 is 0 Å². The van der Waals surface area contributed by atoms with Crippen LogP contribution in [0.15, 0.2) is 28.8 Å². The highest BCUT2D eigenvalue weighted by molar-refractivity contribution is 5.96. The van der Waals surface area contributed by atoms with E-state index in [9.17, 15) is 4.79 Å².